The number of phenolic OH excluding ortho intramolecular Hbond substituents is 1. The average molecular weight is 2030 g/mol. The van der Waals surface area contributed by atoms with Crippen molar-refractivity contribution in [3.8, 4) is 34.5 Å². The molecule has 3 N–H and O–H groups in total. The van der Waals surface area contributed by atoms with Gasteiger partial charge in [0.2, 0.25) is 9.23 Å². The minimum absolute atomic E-state index is 0. The van der Waals surface area contributed by atoms with Crippen molar-refractivity contribution in [3.05, 3.63) is 178 Å². The molecule has 17 nitrogen and oxygen atoms in total. The van der Waals surface area contributed by atoms with Crippen LogP contribution in [-0.2, 0) is 50.0 Å². The summed E-state index contributed by atoms with van der Waals surface area (Å²) in [6.45, 7) is 33.2. The number of Topliss-reactive ketones (excluding diaryl/α,β-unsaturated/α-hetero) is 1. The fourth-order valence-electron chi connectivity index (χ4n) is 14.3. The number of halogens is 7. The number of ether oxygens (including phenoxy) is 6. The number of carbonyl (C=O) groups is 1. The van der Waals surface area contributed by atoms with Crippen LogP contribution in [0.2, 0.25) is 0 Å². The van der Waals surface area contributed by atoms with Crippen LogP contribution >= 0.6 is 85.3 Å². The second kappa shape index (κ2) is 77.1. The molecule has 6 aromatic carbocycles. The van der Waals surface area contributed by atoms with Gasteiger partial charge in [-0.2, -0.15) is 0 Å². The Morgan fingerprint density at radius 1 is 0.492 bits per heavy atom. The van der Waals surface area contributed by atoms with Crippen molar-refractivity contribution < 1.29 is 102 Å². The number of benzene rings is 6. The van der Waals surface area contributed by atoms with E-state index in [4.69, 9.17) is 63.6 Å². The molecular formula is C93H158BBr2Cl5MgN6NaO11SZn. The summed E-state index contributed by atoms with van der Waals surface area (Å²) in [6.07, 6.45) is 7.77. The molecule has 1 fully saturated rings. The molecule has 3 radical (unpaired) electrons. The summed E-state index contributed by atoms with van der Waals surface area (Å²) >= 11 is 9.28. The van der Waals surface area contributed by atoms with Crippen LogP contribution in [-0.4, -0.2) is 259 Å². The second-order valence-electron chi connectivity index (χ2n) is 31.6. The van der Waals surface area contributed by atoms with Crippen LogP contribution in [0.1, 0.15) is 178 Å². The number of ketones is 1. The predicted octanol–water partition coefficient (Wildman–Crippen LogP) is 19.2. The van der Waals surface area contributed by atoms with Crippen LogP contribution < -0.4 is 53.2 Å². The van der Waals surface area contributed by atoms with Gasteiger partial charge in [-0.15, -0.1) is 28.6 Å². The molecule has 122 heavy (non-hydrogen) atoms. The van der Waals surface area contributed by atoms with E-state index in [2.05, 4.69) is 190 Å². The van der Waals surface area contributed by atoms with Crippen molar-refractivity contribution in [1.82, 2.24) is 29.4 Å². The third-order valence-electron chi connectivity index (χ3n) is 20.4. The molecule has 1 saturated heterocycles. The van der Waals surface area contributed by atoms with Gasteiger partial charge >= 0.3 is 87.1 Å². The Bertz CT molecular complexity index is 3410. The first-order valence-corrected chi connectivity index (χ1v) is 52.9. The van der Waals surface area contributed by atoms with Crippen molar-refractivity contribution in [1.29, 1.82) is 0 Å². The molecule has 0 aliphatic carbocycles. The number of carbonyl (C=O) groups excluding carboxylic acids is 1. The fourth-order valence-corrected chi connectivity index (χ4v) is 14.9. The summed E-state index contributed by atoms with van der Waals surface area (Å²) in [6, 6.07) is 47.4. The molecule has 1 aliphatic heterocycles. The summed E-state index contributed by atoms with van der Waals surface area (Å²) < 4.78 is 41.1. The molecule has 3 unspecified atom stereocenters. The Morgan fingerprint density at radius 3 is 1.07 bits per heavy atom. The summed E-state index contributed by atoms with van der Waals surface area (Å²) in [5.74, 6) is 8.26. The fraction of sp³-hybridized carbons (Fsp3) is 0.602. The van der Waals surface area contributed by atoms with E-state index in [-0.39, 0.29) is 105 Å². The Labute approximate surface area is 837 Å². The number of hydrogen-bond acceptors (Lipinski definition) is 17. The van der Waals surface area contributed by atoms with Crippen LogP contribution in [0.5, 0.6) is 34.5 Å². The molecule has 7 rings (SSSR count). The van der Waals surface area contributed by atoms with Gasteiger partial charge < -0.3 is 77.4 Å². The van der Waals surface area contributed by atoms with E-state index in [1.54, 1.807) is 41.6 Å². The van der Waals surface area contributed by atoms with Crippen molar-refractivity contribution in [2.24, 2.45) is 35.5 Å². The number of aromatic hydroxyl groups is 1. The Hall–Kier alpha value is -1.56. The van der Waals surface area contributed by atoms with Gasteiger partial charge in [-0.3, -0.25) is 4.79 Å². The number of nitrogens with zero attached hydrogens (tertiary/aromatic N) is 6. The number of hydrogen-bond donors (Lipinski definition) is 3. The minimum Gasteiger partial charge on any atom is -1.00 e. The molecule has 1 heterocycles. The maximum atomic E-state index is 11.0. The predicted molar refractivity (Wildman–Crippen MR) is 531 cm³/mol. The quantitative estimate of drug-likeness (QED) is 0.0198. The zero-order valence-electron chi connectivity index (χ0n) is 83.2. The molecule has 0 spiro atoms. The molecular weight excluding hydrogens is 1870 g/mol. The molecule has 0 aromatic heterocycles. The maximum absolute atomic E-state index is 11.0. The van der Waals surface area contributed by atoms with Gasteiger partial charge in [-0.05, 0) is 266 Å². The first-order valence-electron chi connectivity index (χ1n) is 41.1. The van der Waals surface area contributed by atoms with Crippen LogP contribution in [0.3, 0.4) is 0 Å². The Kier molecular flexibility index (Phi) is 84.4. The third kappa shape index (κ3) is 57.6. The zero-order valence-corrected chi connectivity index (χ0v) is 94.4. The zero-order chi connectivity index (χ0) is 90.9. The molecule has 689 valence electrons. The van der Waals surface area contributed by atoms with Crippen LogP contribution in [0.25, 0.3) is 0 Å². The van der Waals surface area contributed by atoms with Crippen molar-refractivity contribution in [3.63, 3.8) is 0 Å². The van der Waals surface area contributed by atoms with Gasteiger partial charge in [-0.25, -0.2) is 4.21 Å². The SMILES string of the molecule is Br.C1CCOC1.CCC(=O)C(C)CN(C)C.CCC(O)(c1cccc(OC)c1)C(C)CN(C)C.CC[C@@H](c1cccc(O)c1)[C@@H](C)CN(C)C.CC[C@@H](c1cccc(OC)c1)[C@@H](C)CN(C)C.CC[C@](Cl)(c1cccc(OC)c1)[C@@H](C)CN(C)C.CC[C@](O)(c1cccc(OC)c1)[C@@H](C)CN(C)C.COc1cccc(Br)c1.O=S(Cl)Cl.[B].[Cl][Zn][Cl].[H-].[H-].[H-].[Mg+2].[Na+]. The minimum atomic E-state index is -1.67. The molecule has 0 saturated carbocycles. The molecule has 0 bridgehead atoms. The van der Waals surface area contributed by atoms with E-state index in [0.29, 0.717) is 60.4 Å². The van der Waals surface area contributed by atoms with Gasteiger partial charge in [-0.1, -0.05) is 166 Å². The van der Waals surface area contributed by atoms with Crippen LogP contribution in [0, 0.1) is 35.5 Å². The maximum Gasteiger partial charge on any atom is 2.00 e. The van der Waals surface area contributed by atoms with E-state index < -0.39 is 35.6 Å². The van der Waals surface area contributed by atoms with Crippen LogP contribution in [0.15, 0.2) is 150 Å². The molecule has 29 heteroatoms. The van der Waals surface area contributed by atoms with E-state index in [0.717, 1.165) is 115 Å². The number of aliphatic hydroxyl groups is 2. The molecule has 11 atom stereocenters. The van der Waals surface area contributed by atoms with E-state index >= 15 is 0 Å². The van der Waals surface area contributed by atoms with Crippen LogP contribution in [0.4, 0.5) is 0 Å². The van der Waals surface area contributed by atoms with Crippen molar-refractivity contribution in [2.75, 3.05) is 173 Å². The van der Waals surface area contributed by atoms with Gasteiger partial charge in [0.25, 0.3) is 0 Å². The first-order chi connectivity index (χ1) is 55.5. The summed E-state index contributed by atoms with van der Waals surface area (Å²) in [5.41, 5.74) is 4.02. The van der Waals surface area contributed by atoms with Gasteiger partial charge in [0.1, 0.15) is 40.3 Å². The second-order valence-corrected chi connectivity index (χ2v) is 40.3. The number of methoxy groups -OCH3 is 5. The topological polar surface area (TPSA) is 170 Å². The van der Waals surface area contributed by atoms with Gasteiger partial charge in [0.05, 0.1) is 51.6 Å². The molecule has 0 amide bonds. The smallest absolute Gasteiger partial charge is 1.00 e. The monoisotopic (exact) mass is 2020 g/mol. The summed E-state index contributed by atoms with van der Waals surface area (Å²) in [7, 11) is 50.3. The van der Waals surface area contributed by atoms with Gasteiger partial charge in [0.15, 0.2) is 0 Å². The standard InChI is InChI=1S/C15H24ClNO.2C15H25NO2.C15H25NO.C14H23NO.C8H17NO.C7H7BrO.C4H8O.B.BrH.Cl2OS.2ClH.Mg.Na.Zn.3H/c1-6-15(16,12(2)11-17(3)4)13-8-7-9-14(10-13)18-5;2*1-6-15(17,12(2)11-16(3)4)13-8-7-9-14(10-13)18-5;1-6-15(12(2)11-16(3)4)13-8-7-9-14(10-13)17-5;1-5-14(11(2)10-15(3)4)12-7-6-8-13(16)9-12;1-5-8(10)7(2)6-9(3)4;1-9-7-4-2-3-6(8)5-7;1-2-4-5-3-1;;;1-4(2)3;;;;;;;;/h7-10,12H,6,11H2,1-5H3;2*7-10,12,17H,6,11H2,1-5H3;7-10,12,15H,6,11H2,1-5H3;6-9,11,14,16H,5,10H2,1-4H3;7H,5-6H2,1-4H3;2-5H,1H3;1-4H2;;1H;;2*1H;;;;;;/q;;;;;;;;;;;;;+2;+1;+2;3*-1/p-2/t2*12-,15+;;12-,15+;11-,14+;;;;;;;;;;;;;;/m00.00............../s1. The normalized spacial score (nSPS) is 14.4. The Morgan fingerprint density at radius 2 is 0.787 bits per heavy atom. The van der Waals surface area contributed by atoms with Crippen molar-refractivity contribution in [2.45, 2.75) is 162 Å². The van der Waals surface area contributed by atoms with Gasteiger partial charge in [0, 0.05) is 111 Å². The van der Waals surface area contributed by atoms with E-state index in [1.807, 2.05) is 184 Å². The molecule has 6 aromatic rings. The van der Waals surface area contributed by atoms with E-state index in [9.17, 15) is 20.1 Å². The first kappa shape index (κ1) is 134. The number of phenols is 1. The largest absolute Gasteiger partial charge is 2.00 e. The summed E-state index contributed by atoms with van der Waals surface area (Å²) in [4.78, 5) is 23.6. The third-order valence-corrected chi connectivity index (χ3v) is 21.7. The Balaban J connectivity index is -0.000000151. The average Bonchev–Trinajstić information content (AvgIpc) is 1.09. The van der Waals surface area contributed by atoms with E-state index in [1.165, 1.54) is 30.4 Å². The molecule has 1 aliphatic rings. The summed E-state index contributed by atoms with van der Waals surface area (Å²) in [5, 5.41) is 31.4. The number of rotatable bonds is 34. The van der Waals surface area contributed by atoms with Crippen molar-refractivity contribution >= 4 is 132 Å². The number of alkyl halides is 1.